The number of likely N-dealkylation sites (tertiary alicyclic amines) is 1. The Balaban J connectivity index is 1.81. The highest BCUT2D eigenvalue weighted by atomic mass is 16.2. The zero-order valence-electron chi connectivity index (χ0n) is 10.4. The molecule has 1 saturated heterocycles. The van der Waals surface area contributed by atoms with Crippen LogP contribution in [0.2, 0.25) is 0 Å². The number of carbonyl (C=O) groups excluding carboxylic acids is 2. The number of hydrazine groups is 1. The molecule has 0 aromatic rings. The molecule has 5 heteroatoms. The number of hydrogen-bond donors (Lipinski definition) is 2. The van der Waals surface area contributed by atoms with E-state index in [-0.39, 0.29) is 23.8 Å². The van der Waals surface area contributed by atoms with Crippen molar-refractivity contribution in [2.24, 2.45) is 5.92 Å². The minimum Gasteiger partial charge on any atom is -0.281 e. The third-order valence-electron chi connectivity index (χ3n) is 3.47. The fourth-order valence-electron chi connectivity index (χ4n) is 2.25. The van der Waals surface area contributed by atoms with E-state index in [1.165, 1.54) is 0 Å². The van der Waals surface area contributed by atoms with Gasteiger partial charge in [-0.2, -0.15) is 0 Å². The van der Waals surface area contributed by atoms with E-state index in [4.69, 9.17) is 6.42 Å². The minimum absolute atomic E-state index is 0.0809. The topological polar surface area (TPSA) is 61.4 Å². The summed E-state index contributed by atoms with van der Waals surface area (Å²) in [5.74, 6) is 2.44. The minimum atomic E-state index is -0.214. The zero-order valence-corrected chi connectivity index (χ0v) is 10.4. The SMILES string of the molecule is C#CCN1CCCCC1C(=O)NNC(=O)C1CC1. The van der Waals surface area contributed by atoms with E-state index in [1.807, 2.05) is 4.90 Å². The van der Waals surface area contributed by atoms with Crippen molar-refractivity contribution in [1.82, 2.24) is 15.8 Å². The molecule has 2 aliphatic rings. The molecule has 0 spiro atoms. The Morgan fingerprint density at radius 3 is 2.56 bits per heavy atom. The first-order chi connectivity index (χ1) is 8.72. The number of carbonyl (C=O) groups is 2. The Labute approximate surface area is 107 Å². The van der Waals surface area contributed by atoms with Gasteiger partial charge in [0, 0.05) is 5.92 Å². The second-order valence-corrected chi connectivity index (χ2v) is 4.94. The molecule has 1 atom stereocenters. The molecule has 98 valence electrons. The normalized spacial score (nSPS) is 24.1. The molecule has 5 nitrogen and oxygen atoms in total. The van der Waals surface area contributed by atoms with Gasteiger partial charge in [-0.05, 0) is 32.2 Å². The van der Waals surface area contributed by atoms with E-state index < -0.39 is 0 Å². The van der Waals surface area contributed by atoms with Gasteiger partial charge in [-0.1, -0.05) is 12.3 Å². The molecular weight excluding hydrogens is 230 g/mol. The second kappa shape index (κ2) is 5.87. The van der Waals surface area contributed by atoms with Crippen molar-refractivity contribution in [1.29, 1.82) is 0 Å². The molecule has 0 radical (unpaired) electrons. The van der Waals surface area contributed by atoms with Gasteiger partial charge in [0.1, 0.15) is 0 Å². The van der Waals surface area contributed by atoms with Gasteiger partial charge in [-0.25, -0.2) is 0 Å². The van der Waals surface area contributed by atoms with Crippen LogP contribution in [-0.2, 0) is 9.59 Å². The van der Waals surface area contributed by atoms with Crippen molar-refractivity contribution < 1.29 is 9.59 Å². The molecule has 1 heterocycles. The summed E-state index contributed by atoms with van der Waals surface area (Å²) in [6.07, 6.45) is 10.0. The highest BCUT2D eigenvalue weighted by Gasteiger charge is 2.31. The smallest absolute Gasteiger partial charge is 0.255 e. The first-order valence-electron chi connectivity index (χ1n) is 6.49. The molecule has 2 fully saturated rings. The predicted molar refractivity (Wildman–Crippen MR) is 67.1 cm³/mol. The van der Waals surface area contributed by atoms with Gasteiger partial charge in [-0.15, -0.1) is 6.42 Å². The Kier molecular flexibility index (Phi) is 4.21. The van der Waals surface area contributed by atoms with Crippen LogP contribution in [0.5, 0.6) is 0 Å². The molecule has 0 aromatic heterocycles. The number of nitrogens with one attached hydrogen (secondary N) is 2. The molecule has 2 N–H and O–H groups in total. The maximum absolute atomic E-state index is 12.0. The van der Waals surface area contributed by atoms with E-state index in [9.17, 15) is 9.59 Å². The summed E-state index contributed by atoms with van der Waals surface area (Å²) in [5, 5.41) is 0. The Hall–Kier alpha value is -1.54. The predicted octanol–water partition coefficient (Wildman–Crippen LogP) is 0.0315. The third kappa shape index (κ3) is 3.23. The zero-order chi connectivity index (χ0) is 13.0. The lowest BCUT2D eigenvalue weighted by Crippen LogP contribution is -2.54. The summed E-state index contributed by atoms with van der Waals surface area (Å²) in [6, 6.07) is -0.214. The van der Waals surface area contributed by atoms with Crippen LogP contribution in [0.3, 0.4) is 0 Å². The Morgan fingerprint density at radius 1 is 1.17 bits per heavy atom. The lowest BCUT2D eigenvalue weighted by atomic mass is 10.0. The Morgan fingerprint density at radius 2 is 1.89 bits per heavy atom. The number of nitrogens with zero attached hydrogens (tertiary/aromatic N) is 1. The number of rotatable bonds is 3. The van der Waals surface area contributed by atoms with Crippen molar-refractivity contribution in [3.05, 3.63) is 0 Å². The van der Waals surface area contributed by atoms with Crippen molar-refractivity contribution in [3.63, 3.8) is 0 Å². The van der Waals surface area contributed by atoms with E-state index in [0.29, 0.717) is 6.54 Å². The molecule has 2 rings (SSSR count). The summed E-state index contributed by atoms with van der Waals surface area (Å²) in [6.45, 7) is 1.33. The summed E-state index contributed by atoms with van der Waals surface area (Å²) >= 11 is 0. The quantitative estimate of drug-likeness (QED) is 0.548. The number of piperidine rings is 1. The highest BCUT2D eigenvalue weighted by Crippen LogP contribution is 2.28. The van der Waals surface area contributed by atoms with Gasteiger partial charge in [0.2, 0.25) is 5.91 Å². The van der Waals surface area contributed by atoms with Gasteiger partial charge in [-0.3, -0.25) is 25.3 Å². The van der Waals surface area contributed by atoms with Crippen molar-refractivity contribution in [2.75, 3.05) is 13.1 Å². The van der Waals surface area contributed by atoms with E-state index in [1.54, 1.807) is 0 Å². The summed E-state index contributed by atoms with van der Waals surface area (Å²) in [5.41, 5.74) is 5.00. The summed E-state index contributed by atoms with van der Waals surface area (Å²) in [7, 11) is 0. The standard InChI is InChI=1S/C13H19N3O2/c1-2-8-16-9-4-3-5-11(16)13(18)15-14-12(17)10-6-7-10/h1,10-11H,3-9H2,(H,14,17)(H,15,18). The molecule has 18 heavy (non-hydrogen) atoms. The van der Waals surface area contributed by atoms with E-state index in [0.717, 1.165) is 38.6 Å². The van der Waals surface area contributed by atoms with Crippen molar-refractivity contribution in [3.8, 4) is 12.3 Å². The lowest BCUT2D eigenvalue weighted by molar-refractivity contribution is -0.133. The average molecular weight is 249 g/mol. The molecule has 1 aliphatic carbocycles. The van der Waals surface area contributed by atoms with Crippen LogP contribution in [-0.4, -0.2) is 35.8 Å². The van der Waals surface area contributed by atoms with E-state index >= 15 is 0 Å². The first kappa shape index (κ1) is 12.9. The molecule has 2 amide bonds. The highest BCUT2D eigenvalue weighted by molar-refractivity contribution is 5.87. The van der Waals surface area contributed by atoms with Crippen molar-refractivity contribution >= 4 is 11.8 Å². The van der Waals surface area contributed by atoms with E-state index in [2.05, 4.69) is 16.8 Å². The van der Waals surface area contributed by atoms with Crippen LogP contribution < -0.4 is 10.9 Å². The fraction of sp³-hybridized carbons (Fsp3) is 0.692. The molecule has 1 saturated carbocycles. The van der Waals surface area contributed by atoms with Crippen molar-refractivity contribution in [2.45, 2.75) is 38.1 Å². The van der Waals surface area contributed by atoms with Gasteiger partial charge < -0.3 is 0 Å². The van der Waals surface area contributed by atoms with Gasteiger partial charge >= 0.3 is 0 Å². The summed E-state index contributed by atoms with van der Waals surface area (Å²) in [4.78, 5) is 25.4. The molecule has 1 aliphatic heterocycles. The number of hydrogen-bond acceptors (Lipinski definition) is 3. The van der Waals surface area contributed by atoms with Crippen LogP contribution >= 0.6 is 0 Å². The van der Waals surface area contributed by atoms with Gasteiger partial charge in [0.15, 0.2) is 0 Å². The summed E-state index contributed by atoms with van der Waals surface area (Å²) < 4.78 is 0. The molecule has 0 bridgehead atoms. The van der Waals surface area contributed by atoms with Crippen LogP contribution in [0.25, 0.3) is 0 Å². The van der Waals surface area contributed by atoms with Gasteiger partial charge in [0.05, 0.1) is 12.6 Å². The molecule has 0 aromatic carbocycles. The monoisotopic (exact) mass is 249 g/mol. The van der Waals surface area contributed by atoms with Crippen LogP contribution in [0.1, 0.15) is 32.1 Å². The number of amides is 2. The van der Waals surface area contributed by atoms with Crippen LogP contribution in [0, 0.1) is 18.3 Å². The van der Waals surface area contributed by atoms with Crippen LogP contribution in [0.15, 0.2) is 0 Å². The molecular formula is C13H19N3O2. The molecule has 1 unspecified atom stereocenters. The maximum atomic E-state index is 12.0. The lowest BCUT2D eigenvalue weighted by Gasteiger charge is -2.33. The maximum Gasteiger partial charge on any atom is 0.255 e. The Bertz CT molecular complexity index is 371. The van der Waals surface area contributed by atoms with Gasteiger partial charge in [0.25, 0.3) is 5.91 Å². The number of terminal acetylenes is 1. The van der Waals surface area contributed by atoms with Crippen LogP contribution in [0.4, 0.5) is 0 Å². The fourth-order valence-corrected chi connectivity index (χ4v) is 2.25. The first-order valence-corrected chi connectivity index (χ1v) is 6.49. The third-order valence-corrected chi connectivity index (χ3v) is 3.47. The average Bonchev–Trinajstić information content (AvgIpc) is 3.21. The largest absolute Gasteiger partial charge is 0.281 e. The second-order valence-electron chi connectivity index (χ2n) is 4.94.